The molecule has 0 saturated carbocycles. The lowest BCUT2D eigenvalue weighted by molar-refractivity contribution is -0.146. The number of nitrogens with one attached hydrogen (secondary N) is 1. The Morgan fingerprint density at radius 1 is 0.568 bits per heavy atom. The van der Waals surface area contributed by atoms with E-state index < -0.39 is 17.9 Å². The lowest BCUT2D eigenvalue weighted by Crippen LogP contribution is -2.49. The van der Waals surface area contributed by atoms with E-state index in [2.05, 4.69) is 12.2 Å². The van der Waals surface area contributed by atoms with Crippen LogP contribution in [0.2, 0.25) is 0 Å². The predicted molar refractivity (Wildman–Crippen MR) is 184 cm³/mol. The summed E-state index contributed by atoms with van der Waals surface area (Å²) in [6.45, 7) is 2.78. The Bertz CT molecular complexity index is 672. The number of unbranched alkanes of at least 4 members (excludes halogenated alkanes) is 24. The van der Waals surface area contributed by atoms with E-state index in [1.807, 2.05) is 0 Å². The highest BCUT2D eigenvalue weighted by Gasteiger charge is 2.33. The van der Waals surface area contributed by atoms with Gasteiger partial charge in [0.2, 0.25) is 5.91 Å². The van der Waals surface area contributed by atoms with Crippen molar-refractivity contribution in [3.8, 4) is 0 Å². The van der Waals surface area contributed by atoms with Crippen molar-refractivity contribution in [1.82, 2.24) is 5.32 Å². The first kappa shape index (κ1) is 42.5. The number of hydrogen-bond donors (Lipinski definition) is 4. The zero-order valence-electron chi connectivity index (χ0n) is 28.8. The number of carbonyl (C=O) groups excluding carboxylic acids is 2. The molecule has 0 radical (unpaired) electrons. The largest absolute Gasteiger partial charge is 0.480 e. The van der Waals surface area contributed by atoms with Crippen LogP contribution in [0.15, 0.2) is 0 Å². The minimum Gasteiger partial charge on any atom is -0.480 e. The summed E-state index contributed by atoms with van der Waals surface area (Å²) in [6, 6.07) is -1.20. The molecular weight excluding hydrogens is 552 g/mol. The molecular formula is C37H72N2O5. The van der Waals surface area contributed by atoms with E-state index in [1.54, 1.807) is 0 Å². The van der Waals surface area contributed by atoms with Crippen LogP contribution in [-0.4, -0.2) is 47.1 Å². The average Bonchev–Trinajstić information content (AvgIpc) is 3.01. The highest BCUT2D eigenvalue weighted by atomic mass is 16.4. The van der Waals surface area contributed by atoms with Crippen LogP contribution in [0.3, 0.4) is 0 Å². The summed E-state index contributed by atoms with van der Waals surface area (Å²) < 4.78 is 0. The van der Waals surface area contributed by atoms with Crippen molar-refractivity contribution in [2.24, 2.45) is 11.7 Å². The Morgan fingerprint density at radius 2 is 0.932 bits per heavy atom. The fourth-order valence-electron chi connectivity index (χ4n) is 6.12. The zero-order valence-corrected chi connectivity index (χ0v) is 28.8. The highest BCUT2D eigenvalue weighted by molar-refractivity contribution is 5.91. The Morgan fingerprint density at radius 3 is 1.30 bits per heavy atom. The molecule has 0 heterocycles. The maximum absolute atomic E-state index is 13.0. The van der Waals surface area contributed by atoms with E-state index in [0.29, 0.717) is 19.4 Å². The first-order valence-corrected chi connectivity index (χ1v) is 18.8. The number of Topliss-reactive ketones (excluding diaryl/α,β-unsaturated/α-hetero) is 1. The van der Waals surface area contributed by atoms with Crippen molar-refractivity contribution in [3.05, 3.63) is 0 Å². The van der Waals surface area contributed by atoms with Crippen molar-refractivity contribution >= 4 is 17.7 Å². The van der Waals surface area contributed by atoms with Crippen LogP contribution in [0, 0.1) is 5.92 Å². The molecule has 0 fully saturated rings. The van der Waals surface area contributed by atoms with Crippen molar-refractivity contribution < 1.29 is 24.6 Å². The minimum absolute atomic E-state index is 0.0899. The molecule has 44 heavy (non-hydrogen) atoms. The van der Waals surface area contributed by atoms with Gasteiger partial charge in [0.25, 0.3) is 0 Å². The molecule has 2 atom stereocenters. The molecule has 0 aromatic carbocycles. The summed E-state index contributed by atoms with van der Waals surface area (Å²) in [5.41, 5.74) is 5.74. The number of aliphatic hydroxyl groups excluding tert-OH is 1. The molecule has 0 aromatic heterocycles. The molecule has 0 aliphatic carbocycles. The Hall–Kier alpha value is -1.47. The molecule has 7 nitrogen and oxygen atoms in total. The topological polar surface area (TPSA) is 130 Å². The quantitative estimate of drug-likeness (QED) is 0.0521. The second kappa shape index (κ2) is 32.9. The van der Waals surface area contributed by atoms with Gasteiger partial charge in [0.15, 0.2) is 0 Å². The van der Waals surface area contributed by atoms with Gasteiger partial charge in [-0.15, -0.1) is 0 Å². The second-order valence-corrected chi connectivity index (χ2v) is 13.1. The van der Waals surface area contributed by atoms with E-state index in [-0.39, 0.29) is 24.7 Å². The summed E-state index contributed by atoms with van der Waals surface area (Å²) >= 11 is 0. The van der Waals surface area contributed by atoms with Gasteiger partial charge < -0.3 is 21.3 Å². The Balaban J connectivity index is 4.05. The number of amides is 1. The number of hydrogen-bond acceptors (Lipinski definition) is 5. The molecule has 0 aliphatic rings. The van der Waals surface area contributed by atoms with Gasteiger partial charge in [0, 0.05) is 25.4 Å². The maximum Gasteiger partial charge on any atom is 0.326 e. The number of aliphatic carboxylic acids is 1. The number of carboxylic acid groups (broad SMARTS) is 1. The van der Waals surface area contributed by atoms with Crippen molar-refractivity contribution in [1.29, 1.82) is 0 Å². The molecule has 0 bridgehead atoms. The van der Waals surface area contributed by atoms with Crippen LogP contribution >= 0.6 is 0 Å². The third-order valence-electron chi connectivity index (χ3n) is 8.96. The van der Waals surface area contributed by atoms with Crippen molar-refractivity contribution in [2.75, 3.05) is 13.2 Å². The summed E-state index contributed by atoms with van der Waals surface area (Å²) in [5, 5.41) is 21.3. The lowest BCUT2D eigenvalue weighted by atomic mass is 9.88. The highest BCUT2D eigenvalue weighted by Crippen LogP contribution is 2.18. The van der Waals surface area contributed by atoms with Gasteiger partial charge in [-0.1, -0.05) is 155 Å². The van der Waals surface area contributed by atoms with E-state index in [1.165, 1.54) is 116 Å². The standard InChI is InChI=1S/C37H72N2O5/c1-2-3-4-5-6-7-8-10-13-16-19-22-25-28-34(41)33(30-31-38)36(37(43)44)39-35(42)29-26-23-20-17-14-11-9-12-15-18-21-24-27-32-40/h33,36,40H,2-32,38H2,1H3,(H,39,42)(H,43,44)/t33?,36-/m0/s1. The third kappa shape index (κ3) is 26.9. The van der Waals surface area contributed by atoms with Gasteiger partial charge in [0.05, 0.1) is 0 Å². The first-order valence-electron chi connectivity index (χ1n) is 18.8. The number of rotatable bonds is 35. The number of carboxylic acids is 1. The molecule has 0 rings (SSSR count). The second-order valence-electron chi connectivity index (χ2n) is 13.1. The normalized spacial score (nSPS) is 12.7. The molecule has 0 aliphatic heterocycles. The Labute approximate surface area is 271 Å². The molecule has 260 valence electrons. The van der Waals surface area contributed by atoms with Crippen LogP contribution in [0.4, 0.5) is 0 Å². The van der Waals surface area contributed by atoms with Gasteiger partial charge >= 0.3 is 5.97 Å². The fourth-order valence-corrected chi connectivity index (χ4v) is 6.12. The molecule has 0 aromatic rings. The monoisotopic (exact) mass is 625 g/mol. The van der Waals surface area contributed by atoms with Crippen molar-refractivity contribution in [3.63, 3.8) is 0 Å². The van der Waals surface area contributed by atoms with Crippen LogP contribution in [0.25, 0.3) is 0 Å². The molecule has 0 saturated heterocycles. The number of carbonyl (C=O) groups is 3. The molecule has 5 N–H and O–H groups in total. The van der Waals surface area contributed by atoms with Gasteiger partial charge in [0.1, 0.15) is 11.8 Å². The minimum atomic E-state index is -1.20. The average molecular weight is 625 g/mol. The van der Waals surface area contributed by atoms with Crippen molar-refractivity contribution in [2.45, 2.75) is 199 Å². The van der Waals surface area contributed by atoms with Gasteiger partial charge in [-0.3, -0.25) is 9.59 Å². The predicted octanol–water partition coefficient (Wildman–Crippen LogP) is 9.02. The number of ketones is 1. The van der Waals surface area contributed by atoms with E-state index >= 15 is 0 Å². The molecule has 0 spiro atoms. The van der Waals surface area contributed by atoms with E-state index in [4.69, 9.17) is 10.8 Å². The maximum atomic E-state index is 13.0. The van der Waals surface area contributed by atoms with Crippen LogP contribution in [-0.2, 0) is 14.4 Å². The first-order chi connectivity index (χ1) is 21.5. The number of nitrogens with two attached hydrogens (primary N) is 1. The SMILES string of the molecule is CCCCCCCCCCCCCCCC(=O)C(CCN)[C@H](NC(=O)CCCCCCCCCCCCCCCO)C(=O)O. The summed E-state index contributed by atoms with van der Waals surface area (Å²) in [5.74, 6) is -2.29. The van der Waals surface area contributed by atoms with E-state index in [9.17, 15) is 19.5 Å². The molecule has 7 heteroatoms. The third-order valence-corrected chi connectivity index (χ3v) is 8.96. The van der Waals surface area contributed by atoms with Crippen LogP contribution in [0.1, 0.15) is 193 Å². The summed E-state index contributed by atoms with van der Waals surface area (Å²) in [4.78, 5) is 37.6. The summed E-state index contributed by atoms with van der Waals surface area (Å²) in [7, 11) is 0. The summed E-state index contributed by atoms with van der Waals surface area (Å²) in [6.07, 6.45) is 31.8. The molecule has 1 unspecified atom stereocenters. The van der Waals surface area contributed by atoms with Gasteiger partial charge in [-0.25, -0.2) is 4.79 Å². The fraction of sp³-hybridized carbons (Fsp3) is 0.919. The van der Waals surface area contributed by atoms with Crippen LogP contribution in [0.5, 0.6) is 0 Å². The van der Waals surface area contributed by atoms with E-state index in [0.717, 1.165) is 51.4 Å². The molecule has 1 amide bonds. The lowest BCUT2D eigenvalue weighted by Gasteiger charge is -2.23. The zero-order chi connectivity index (χ0) is 32.5. The van der Waals surface area contributed by atoms with Crippen LogP contribution < -0.4 is 11.1 Å². The number of aliphatic hydroxyl groups is 1. The van der Waals surface area contributed by atoms with Gasteiger partial charge in [-0.2, -0.15) is 0 Å². The van der Waals surface area contributed by atoms with Gasteiger partial charge in [-0.05, 0) is 32.2 Å². The smallest absolute Gasteiger partial charge is 0.326 e. The Kier molecular flexibility index (Phi) is 31.8.